The lowest BCUT2D eigenvalue weighted by Crippen LogP contribution is -2.49. The summed E-state index contributed by atoms with van der Waals surface area (Å²) in [6.45, 7) is 9.74. The molecule has 1 aromatic rings. The Morgan fingerprint density at radius 3 is 2.77 bits per heavy atom. The predicted octanol–water partition coefficient (Wildman–Crippen LogP) is 4.11. The Balaban J connectivity index is 2.20. The monoisotopic (exact) mass is 352 g/mol. The summed E-state index contributed by atoms with van der Waals surface area (Å²) >= 11 is 0. The maximum Gasteiger partial charge on any atom is 0.163 e. The zero-order valence-electron chi connectivity index (χ0n) is 15.4. The summed E-state index contributed by atoms with van der Waals surface area (Å²) in [5.74, 6) is -0.291. The van der Waals surface area contributed by atoms with E-state index in [0.29, 0.717) is 24.4 Å². The molecule has 0 unspecified atom stereocenters. The molecule has 4 heteroatoms. The first-order chi connectivity index (χ1) is 12.3. The highest BCUT2D eigenvalue weighted by molar-refractivity contribution is 6.13. The smallest absolute Gasteiger partial charge is 0.163 e. The lowest BCUT2D eigenvalue weighted by atomic mass is 9.53. The van der Waals surface area contributed by atoms with E-state index < -0.39 is 11.3 Å². The number of ketones is 2. The van der Waals surface area contributed by atoms with Gasteiger partial charge in [-0.1, -0.05) is 31.7 Å². The zero-order chi connectivity index (χ0) is 19.1. The van der Waals surface area contributed by atoms with Crippen molar-refractivity contribution in [2.45, 2.75) is 33.1 Å². The molecule has 2 aliphatic rings. The maximum atomic E-state index is 13.1. The third-order valence-corrected chi connectivity index (χ3v) is 5.68. The van der Waals surface area contributed by atoms with Gasteiger partial charge >= 0.3 is 0 Å². The third kappa shape index (κ3) is 2.61. The molecule has 1 N–H and O–H groups in total. The topological polar surface area (TPSA) is 63.6 Å². The molecule has 0 aliphatic heterocycles. The summed E-state index contributed by atoms with van der Waals surface area (Å²) in [4.78, 5) is 25.8. The summed E-state index contributed by atoms with van der Waals surface area (Å²) in [5.41, 5.74) is 1.40. The lowest BCUT2D eigenvalue weighted by Gasteiger charge is -2.47. The minimum Gasteiger partial charge on any atom is -0.504 e. The fourth-order valence-electron chi connectivity index (χ4n) is 4.28. The van der Waals surface area contributed by atoms with Crippen LogP contribution in [0, 0.1) is 11.3 Å². The van der Waals surface area contributed by atoms with Crippen molar-refractivity contribution < 1.29 is 19.4 Å². The second kappa shape index (κ2) is 6.60. The number of benzene rings is 1. The Hall–Kier alpha value is -2.62. The van der Waals surface area contributed by atoms with Crippen molar-refractivity contribution in [3.05, 3.63) is 59.7 Å². The minimum absolute atomic E-state index is 0.0280. The van der Waals surface area contributed by atoms with Crippen LogP contribution in [0.15, 0.2) is 54.2 Å². The molecule has 0 spiro atoms. The molecule has 1 aromatic carbocycles. The number of aromatic hydroxyl groups is 1. The van der Waals surface area contributed by atoms with Crippen LogP contribution in [-0.2, 0) is 9.59 Å². The fourth-order valence-corrected chi connectivity index (χ4v) is 4.28. The van der Waals surface area contributed by atoms with E-state index >= 15 is 0 Å². The lowest BCUT2D eigenvalue weighted by molar-refractivity contribution is -0.137. The highest BCUT2D eigenvalue weighted by Crippen LogP contribution is 2.55. The molecule has 0 saturated heterocycles. The van der Waals surface area contributed by atoms with Crippen molar-refractivity contribution in [2.75, 3.05) is 6.61 Å². The molecule has 136 valence electrons. The Bertz CT molecular complexity index is 846. The van der Waals surface area contributed by atoms with Gasteiger partial charge < -0.3 is 9.84 Å². The van der Waals surface area contributed by atoms with Gasteiger partial charge in [-0.05, 0) is 55.2 Å². The molecule has 0 amide bonds. The summed E-state index contributed by atoms with van der Waals surface area (Å²) in [6.07, 6.45) is 5.76. The Labute approximate surface area is 153 Å². The van der Waals surface area contributed by atoms with Crippen molar-refractivity contribution in [3.8, 4) is 11.5 Å². The average Bonchev–Trinajstić information content (AvgIpc) is 2.61. The standard InChI is InChI=1S/C22H24O4/c1-5-14-7-9-16-21(25)13(3)11-19(24)22(16,4)20(14)15-8-10-17(23)18(12-15)26-6-2/h5,7-8,10-12,16,20,23H,1,6,9H2,2-4H3/t16-,20+,22-/m0/s1. The normalized spacial score (nSPS) is 28.1. The first-order valence-electron chi connectivity index (χ1n) is 8.89. The SMILES string of the molecule is C=CC1=CC[C@H]2C(=O)C(C)=CC(=O)[C@@]2(C)[C@H]1c1ccc(O)c(OCC)c1. The van der Waals surface area contributed by atoms with E-state index in [0.717, 1.165) is 11.1 Å². The quantitative estimate of drug-likeness (QED) is 0.886. The number of hydrogen-bond acceptors (Lipinski definition) is 4. The van der Waals surface area contributed by atoms with Crippen LogP contribution in [0.3, 0.4) is 0 Å². The van der Waals surface area contributed by atoms with Gasteiger partial charge in [0.25, 0.3) is 0 Å². The Morgan fingerprint density at radius 1 is 1.38 bits per heavy atom. The molecule has 0 radical (unpaired) electrons. The molecule has 0 aromatic heterocycles. The van der Waals surface area contributed by atoms with Crippen LogP contribution in [0.5, 0.6) is 11.5 Å². The zero-order valence-corrected chi connectivity index (χ0v) is 15.4. The summed E-state index contributed by atoms with van der Waals surface area (Å²) < 4.78 is 5.51. The van der Waals surface area contributed by atoms with Gasteiger partial charge in [-0.25, -0.2) is 0 Å². The summed E-state index contributed by atoms with van der Waals surface area (Å²) in [6, 6.07) is 5.12. The first-order valence-corrected chi connectivity index (χ1v) is 8.89. The van der Waals surface area contributed by atoms with Crippen LogP contribution in [0.1, 0.15) is 38.7 Å². The summed E-state index contributed by atoms with van der Waals surface area (Å²) in [7, 11) is 0. The number of allylic oxidation sites excluding steroid dienone is 5. The number of carbonyl (C=O) groups is 2. The van der Waals surface area contributed by atoms with Crippen LogP contribution < -0.4 is 4.74 Å². The van der Waals surface area contributed by atoms with E-state index in [4.69, 9.17) is 4.74 Å². The van der Waals surface area contributed by atoms with Gasteiger partial charge in [0.15, 0.2) is 23.1 Å². The number of phenols is 1. The second-order valence-corrected chi connectivity index (χ2v) is 7.13. The van der Waals surface area contributed by atoms with Crippen molar-refractivity contribution in [1.82, 2.24) is 0 Å². The molecule has 3 rings (SSSR count). The van der Waals surface area contributed by atoms with Crippen molar-refractivity contribution in [1.29, 1.82) is 0 Å². The van der Waals surface area contributed by atoms with Crippen molar-refractivity contribution in [2.24, 2.45) is 11.3 Å². The van der Waals surface area contributed by atoms with Gasteiger partial charge in [0.05, 0.1) is 12.0 Å². The third-order valence-electron chi connectivity index (χ3n) is 5.68. The molecule has 2 aliphatic carbocycles. The molecule has 0 saturated carbocycles. The first kappa shape index (κ1) is 18.2. The number of carbonyl (C=O) groups excluding carboxylic acids is 2. The number of rotatable bonds is 4. The largest absolute Gasteiger partial charge is 0.504 e. The number of fused-ring (bicyclic) bond motifs is 1. The molecule has 3 atom stereocenters. The second-order valence-electron chi connectivity index (χ2n) is 7.13. The van der Waals surface area contributed by atoms with Gasteiger partial charge in [0.2, 0.25) is 0 Å². The van der Waals surface area contributed by atoms with Crippen LogP contribution >= 0.6 is 0 Å². The van der Waals surface area contributed by atoms with Gasteiger partial charge in [0.1, 0.15) is 0 Å². The fraction of sp³-hybridized carbons (Fsp3) is 0.364. The average molecular weight is 352 g/mol. The number of phenolic OH excluding ortho intramolecular Hbond substituents is 1. The van der Waals surface area contributed by atoms with Gasteiger partial charge in [-0.2, -0.15) is 0 Å². The molecule has 0 bridgehead atoms. The van der Waals surface area contributed by atoms with Crippen molar-refractivity contribution in [3.63, 3.8) is 0 Å². The molecule has 0 fully saturated rings. The van der Waals surface area contributed by atoms with Crippen LogP contribution in [0.25, 0.3) is 0 Å². The van der Waals surface area contributed by atoms with Crippen LogP contribution in [0.4, 0.5) is 0 Å². The number of Topliss-reactive ketones (excluding diaryl/α,β-unsaturated/α-hetero) is 1. The van der Waals surface area contributed by atoms with Gasteiger partial charge in [-0.3, -0.25) is 9.59 Å². The predicted molar refractivity (Wildman–Crippen MR) is 100 cm³/mol. The van der Waals surface area contributed by atoms with E-state index in [9.17, 15) is 14.7 Å². The number of hydrogen-bond donors (Lipinski definition) is 1. The van der Waals surface area contributed by atoms with Crippen molar-refractivity contribution >= 4 is 11.6 Å². The molecule has 4 nitrogen and oxygen atoms in total. The number of ether oxygens (including phenoxy) is 1. The van der Waals surface area contributed by atoms with Crippen LogP contribution in [0.2, 0.25) is 0 Å². The van der Waals surface area contributed by atoms with E-state index in [1.165, 1.54) is 6.08 Å². The molecule has 0 heterocycles. The maximum absolute atomic E-state index is 13.1. The Kier molecular flexibility index (Phi) is 4.61. The van der Waals surface area contributed by atoms with E-state index in [1.807, 2.05) is 19.9 Å². The Morgan fingerprint density at radius 2 is 2.12 bits per heavy atom. The molecule has 26 heavy (non-hydrogen) atoms. The minimum atomic E-state index is -0.880. The van der Waals surface area contributed by atoms with E-state index in [1.54, 1.807) is 31.2 Å². The van der Waals surface area contributed by atoms with E-state index in [2.05, 4.69) is 6.58 Å². The highest BCUT2D eigenvalue weighted by atomic mass is 16.5. The van der Waals surface area contributed by atoms with Gasteiger partial charge in [-0.15, -0.1) is 0 Å². The van der Waals surface area contributed by atoms with E-state index in [-0.39, 0.29) is 23.2 Å². The van der Waals surface area contributed by atoms with Gasteiger partial charge in [0, 0.05) is 11.8 Å². The summed E-state index contributed by atoms with van der Waals surface area (Å²) in [5, 5.41) is 10.0. The highest BCUT2D eigenvalue weighted by Gasteiger charge is 2.54. The molecular weight excluding hydrogens is 328 g/mol. The molecular formula is C22H24O4. The van der Waals surface area contributed by atoms with Crippen LogP contribution in [-0.4, -0.2) is 23.3 Å².